The fourth-order valence-corrected chi connectivity index (χ4v) is 2.46. The second kappa shape index (κ2) is 7.58. The molecule has 0 saturated carbocycles. The number of aryl methyl sites for hydroxylation is 1. The molecule has 2 aromatic rings. The van der Waals surface area contributed by atoms with Crippen molar-refractivity contribution < 1.29 is 29.4 Å². The number of nitrogens with zero attached hydrogens (tertiary/aromatic N) is 2. The Morgan fingerprint density at radius 3 is 2.48 bits per heavy atom. The van der Waals surface area contributed by atoms with E-state index in [-0.39, 0.29) is 5.69 Å². The molecule has 25 heavy (non-hydrogen) atoms. The van der Waals surface area contributed by atoms with E-state index in [1.807, 2.05) is 0 Å². The normalized spacial score (nSPS) is 11.9. The summed E-state index contributed by atoms with van der Waals surface area (Å²) in [5.41, 5.74) is 3.36. The van der Waals surface area contributed by atoms with Crippen LogP contribution in [0, 0.1) is 0 Å². The fourth-order valence-electron chi connectivity index (χ4n) is 2.46. The van der Waals surface area contributed by atoms with E-state index >= 15 is 0 Å². The molecule has 2 rings (SSSR count). The largest absolute Gasteiger partial charge is 0.481 e. The molecule has 0 radical (unpaired) electrons. The molecule has 9 heteroatoms. The summed E-state index contributed by atoms with van der Waals surface area (Å²) in [6.07, 6.45) is -0.264. The molecular weight excluding hydrogens is 330 g/mol. The number of aliphatic carboxylic acids is 2. The summed E-state index contributed by atoms with van der Waals surface area (Å²) in [5.74, 6) is -3.24. The smallest absolute Gasteiger partial charge is 0.324 e. The first-order valence-electron chi connectivity index (χ1n) is 7.35. The number of hydrazine groups is 1. The van der Waals surface area contributed by atoms with Crippen LogP contribution < -0.4 is 5.43 Å². The standard InChI is InChI=1S/C16H17N3O6/c1-18-12-5-3-2-4-10(12)6-13(18)16(25)19(8-15(23)24)17-11(9-20)7-14(21)22/h2-6,9,11,17H,7-8H2,1H3,(H,21,22)(H,23,24)/t11-/m0/s1. The Hall–Kier alpha value is -3.20. The topological polar surface area (TPSA) is 129 Å². The van der Waals surface area contributed by atoms with Crippen LogP contribution in [0.2, 0.25) is 0 Å². The molecule has 1 aromatic heterocycles. The summed E-state index contributed by atoms with van der Waals surface area (Å²) < 4.78 is 1.60. The van der Waals surface area contributed by atoms with E-state index < -0.39 is 36.9 Å². The highest BCUT2D eigenvalue weighted by atomic mass is 16.4. The number of para-hydroxylation sites is 1. The van der Waals surface area contributed by atoms with E-state index in [1.54, 1.807) is 41.9 Å². The Labute approximate surface area is 142 Å². The van der Waals surface area contributed by atoms with Crippen molar-refractivity contribution in [3.05, 3.63) is 36.0 Å². The van der Waals surface area contributed by atoms with Crippen molar-refractivity contribution in [2.24, 2.45) is 7.05 Å². The van der Waals surface area contributed by atoms with E-state index in [9.17, 15) is 19.2 Å². The molecule has 0 aliphatic heterocycles. The minimum atomic E-state index is -1.31. The molecule has 1 aromatic carbocycles. The molecule has 0 unspecified atom stereocenters. The monoisotopic (exact) mass is 347 g/mol. The van der Waals surface area contributed by atoms with Crippen molar-refractivity contribution in [1.82, 2.24) is 15.0 Å². The zero-order valence-electron chi connectivity index (χ0n) is 13.4. The lowest BCUT2D eigenvalue weighted by atomic mass is 10.2. The number of aldehydes is 1. The lowest BCUT2D eigenvalue weighted by Gasteiger charge is -2.24. The van der Waals surface area contributed by atoms with Crippen molar-refractivity contribution in [2.75, 3.05) is 6.54 Å². The lowest BCUT2D eigenvalue weighted by Crippen LogP contribution is -2.51. The average Bonchev–Trinajstić information content (AvgIpc) is 2.89. The van der Waals surface area contributed by atoms with Crippen LogP contribution in [0.5, 0.6) is 0 Å². The van der Waals surface area contributed by atoms with Gasteiger partial charge < -0.3 is 19.6 Å². The second-order valence-electron chi connectivity index (χ2n) is 5.40. The van der Waals surface area contributed by atoms with Gasteiger partial charge in [0.05, 0.1) is 12.5 Å². The SMILES string of the molecule is Cn1c(C(=O)N(CC(=O)O)N[C@H](C=O)CC(=O)O)cc2ccccc21. The van der Waals surface area contributed by atoms with Crippen molar-refractivity contribution in [1.29, 1.82) is 0 Å². The molecule has 132 valence electrons. The number of benzene rings is 1. The predicted octanol–water partition coefficient (Wildman–Crippen LogP) is 0.252. The Kier molecular flexibility index (Phi) is 5.50. The molecule has 0 fully saturated rings. The van der Waals surface area contributed by atoms with E-state index in [0.29, 0.717) is 6.29 Å². The third-order valence-electron chi connectivity index (χ3n) is 3.59. The summed E-state index contributed by atoms with van der Waals surface area (Å²) >= 11 is 0. The van der Waals surface area contributed by atoms with Gasteiger partial charge in [-0.1, -0.05) is 18.2 Å². The predicted molar refractivity (Wildman–Crippen MR) is 86.8 cm³/mol. The highest BCUT2D eigenvalue weighted by Gasteiger charge is 2.25. The van der Waals surface area contributed by atoms with Gasteiger partial charge in [0.15, 0.2) is 0 Å². The molecule has 0 aliphatic carbocycles. The van der Waals surface area contributed by atoms with Gasteiger partial charge in [-0.3, -0.25) is 19.4 Å². The van der Waals surface area contributed by atoms with Gasteiger partial charge >= 0.3 is 11.9 Å². The number of nitrogens with one attached hydrogen (secondary N) is 1. The van der Waals surface area contributed by atoms with E-state index in [1.165, 1.54) is 0 Å². The molecule has 1 heterocycles. The average molecular weight is 347 g/mol. The van der Waals surface area contributed by atoms with Gasteiger partial charge in [0, 0.05) is 18.0 Å². The molecule has 0 bridgehead atoms. The number of carbonyl (C=O) groups excluding carboxylic acids is 2. The summed E-state index contributed by atoms with van der Waals surface area (Å²) in [6.45, 7) is -0.732. The van der Waals surface area contributed by atoms with Crippen LogP contribution in [-0.4, -0.2) is 56.5 Å². The first kappa shape index (κ1) is 18.1. The number of fused-ring (bicyclic) bond motifs is 1. The Morgan fingerprint density at radius 1 is 1.24 bits per heavy atom. The van der Waals surface area contributed by atoms with Crippen molar-refractivity contribution in [3.8, 4) is 0 Å². The van der Waals surface area contributed by atoms with Gasteiger partial charge in [0.1, 0.15) is 18.5 Å². The summed E-state index contributed by atoms with van der Waals surface area (Å²) in [6, 6.07) is 7.59. The highest BCUT2D eigenvalue weighted by Crippen LogP contribution is 2.19. The lowest BCUT2D eigenvalue weighted by molar-refractivity contribution is -0.139. The molecule has 9 nitrogen and oxygen atoms in total. The Balaban J connectivity index is 2.33. The van der Waals surface area contributed by atoms with Gasteiger partial charge in [-0.15, -0.1) is 0 Å². The molecule has 3 N–H and O–H groups in total. The zero-order chi connectivity index (χ0) is 18.6. The number of aromatic nitrogens is 1. The van der Waals surface area contributed by atoms with Crippen LogP contribution in [-0.2, 0) is 21.4 Å². The second-order valence-corrected chi connectivity index (χ2v) is 5.40. The number of hydrogen-bond acceptors (Lipinski definition) is 5. The fraction of sp³-hybridized carbons (Fsp3) is 0.250. The molecule has 0 aliphatic rings. The zero-order valence-corrected chi connectivity index (χ0v) is 13.4. The number of amides is 1. The maximum atomic E-state index is 12.7. The number of carboxylic acids is 2. The summed E-state index contributed by atoms with van der Waals surface area (Å²) in [7, 11) is 1.66. The van der Waals surface area contributed by atoms with Crippen molar-refractivity contribution in [2.45, 2.75) is 12.5 Å². The maximum absolute atomic E-state index is 12.7. The number of rotatable bonds is 8. The van der Waals surface area contributed by atoms with Gasteiger partial charge in [0.25, 0.3) is 5.91 Å². The third-order valence-corrected chi connectivity index (χ3v) is 3.59. The Morgan fingerprint density at radius 2 is 1.92 bits per heavy atom. The van der Waals surface area contributed by atoms with Gasteiger partial charge in [-0.05, 0) is 12.1 Å². The van der Waals surface area contributed by atoms with E-state index in [4.69, 9.17) is 10.2 Å². The van der Waals surface area contributed by atoms with Crippen LogP contribution in [0.4, 0.5) is 0 Å². The van der Waals surface area contributed by atoms with Crippen molar-refractivity contribution >= 4 is 35.0 Å². The molecule has 0 spiro atoms. The molecule has 0 saturated heterocycles. The number of carbonyl (C=O) groups is 4. The summed E-state index contributed by atoms with van der Waals surface area (Å²) in [5, 5.41) is 19.3. The van der Waals surface area contributed by atoms with Gasteiger partial charge in [0.2, 0.25) is 0 Å². The summed E-state index contributed by atoms with van der Waals surface area (Å²) in [4.78, 5) is 45.5. The van der Waals surface area contributed by atoms with Gasteiger partial charge in [-0.25, -0.2) is 5.43 Å². The Bertz CT molecular complexity index is 828. The van der Waals surface area contributed by atoms with Crippen LogP contribution >= 0.6 is 0 Å². The maximum Gasteiger partial charge on any atom is 0.324 e. The number of hydrogen-bond donors (Lipinski definition) is 3. The minimum Gasteiger partial charge on any atom is -0.481 e. The highest BCUT2D eigenvalue weighted by molar-refractivity contribution is 5.99. The van der Waals surface area contributed by atoms with E-state index in [0.717, 1.165) is 15.9 Å². The van der Waals surface area contributed by atoms with Gasteiger partial charge in [-0.2, -0.15) is 0 Å². The first-order valence-corrected chi connectivity index (χ1v) is 7.35. The quantitative estimate of drug-likeness (QED) is 0.461. The van der Waals surface area contributed by atoms with Crippen molar-refractivity contribution in [3.63, 3.8) is 0 Å². The van der Waals surface area contributed by atoms with E-state index in [2.05, 4.69) is 5.43 Å². The third kappa shape index (κ3) is 4.21. The molecule has 1 atom stereocenters. The molecule has 1 amide bonds. The van der Waals surface area contributed by atoms with Crippen LogP contribution in [0.25, 0.3) is 10.9 Å². The van der Waals surface area contributed by atoms with Crippen LogP contribution in [0.15, 0.2) is 30.3 Å². The minimum absolute atomic E-state index is 0.204. The number of carboxylic acid groups (broad SMARTS) is 2. The molecular formula is C16H17N3O6. The first-order chi connectivity index (χ1) is 11.8. The van der Waals surface area contributed by atoms with Crippen LogP contribution in [0.1, 0.15) is 16.9 Å². The van der Waals surface area contributed by atoms with Crippen LogP contribution in [0.3, 0.4) is 0 Å².